The second kappa shape index (κ2) is 8.28. The highest BCUT2D eigenvalue weighted by Gasteiger charge is 2.29. The number of nitrogens with zero attached hydrogens (tertiary/aromatic N) is 1. The Kier molecular flexibility index (Phi) is 7.03. The van der Waals surface area contributed by atoms with Crippen LogP contribution in [0.15, 0.2) is 30.3 Å². The normalized spacial score (nSPS) is 19.5. The first-order valence-corrected chi connectivity index (χ1v) is 7.28. The Hall–Kier alpha value is -1.06. The molecule has 2 rings (SSSR count). The average Bonchev–Trinajstić information content (AvgIpc) is 2.87. The number of likely N-dealkylation sites (tertiary alicyclic amines) is 1. The first kappa shape index (κ1) is 17.0. The molecule has 0 radical (unpaired) electrons. The Morgan fingerprint density at radius 3 is 2.75 bits per heavy atom. The molecule has 1 fully saturated rings. The Balaban J connectivity index is 0.00000200. The van der Waals surface area contributed by atoms with Gasteiger partial charge in [0.25, 0.3) is 0 Å². The monoisotopic (exact) mass is 296 g/mol. The predicted octanol–water partition coefficient (Wildman–Crippen LogP) is 2.77. The molecule has 4 heteroatoms. The third kappa shape index (κ3) is 4.50. The van der Waals surface area contributed by atoms with Crippen molar-refractivity contribution in [2.24, 2.45) is 5.73 Å². The van der Waals surface area contributed by atoms with Crippen LogP contribution in [0.4, 0.5) is 0 Å². The van der Waals surface area contributed by atoms with Gasteiger partial charge in [-0.15, -0.1) is 12.4 Å². The summed E-state index contributed by atoms with van der Waals surface area (Å²) in [5.41, 5.74) is 7.09. The highest BCUT2D eigenvalue weighted by Crippen LogP contribution is 2.22. The lowest BCUT2D eigenvalue weighted by molar-refractivity contribution is -0.133. The van der Waals surface area contributed by atoms with Crippen molar-refractivity contribution in [2.75, 3.05) is 6.54 Å². The summed E-state index contributed by atoms with van der Waals surface area (Å²) < 4.78 is 0. The van der Waals surface area contributed by atoms with Crippen LogP contribution in [0, 0.1) is 0 Å². The van der Waals surface area contributed by atoms with Crippen LogP contribution in [0.25, 0.3) is 0 Å². The molecule has 3 nitrogen and oxygen atoms in total. The lowest BCUT2D eigenvalue weighted by atomic mass is 10.0. The van der Waals surface area contributed by atoms with Gasteiger partial charge < -0.3 is 10.6 Å². The van der Waals surface area contributed by atoms with Crippen molar-refractivity contribution in [3.8, 4) is 0 Å². The van der Waals surface area contributed by atoms with Crippen LogP contribution in [0.2, 0.25) is 0 Å². The highest BCUT2D eigenvalue weighted by molar-refractivity contribution is 5.85. The Bertz CT molecular complexity index is 408. The molecule has 0 bridgehead atoms. The molecule has 20 heavy (non-hydrogen) atoms. The molecule has 1 heterocycles. The van der Waals surface area contributed by atoms with Gasteiger partial charge in [0.15, 0.2) is 0 Å². The smallest absolute Gasteiger partial charge is 0.239 e. The molecular formula is C16H25ClN2O. The zero-order valence-electron chi connectivity index (χ0n) is 12.1. The summed E-state index contributed by atoms with van der Waals surface area (Å²) in [6, 6.07) is 10.6. The van der Waals surface area contributed by atoms with Gasteiger partial charge in [0.1, 0.15) is 0 Å². The summed E-state index contributed by atoms with van der Waals surface area (Å²) in [5.74, 6) is 0.113. The van der Waals surface area contributed by atoms with Crippen molar-refractivity contribution in [3.63, 3.8) is 0 Å². The maximum Gasteiger partial charge on any atom is 0.239 e. The molecule has 1 aliphatic heterocycles. The van der Waals surface area contributed by atoms with Crippen LogP contribution in [0.3, 0.4) is 0 Å². The van der Waals surface area contributed by atoms with E-state index in [0.29, 0.717) is 6.04 Å². The molecule has 2 N–H and O–H groups in total. The molecule has 1 amide bonds. The zero-order chi connectivity index (χ0) is 13.7. The van der Waals surface area contributed by atoms with Gasteiger partial charge in [0.05, 0.1) is 6.04 Å². The van der Waals surface area contributed by atoms with E-state index in [1.54, 1.807) is 6.92 Å². The van der Waals surface area contributed by atoms with E-state index in [1.165, 1.54) is 5.56 Å². The molecule has 1 saturated heterocycles. The summed E-state index contributed by atoms with van der Waals surface area (Å²) >= 11 is 0. The Morgan fingerprint density at radius 2 is 2.10 bits per heavy atom. The number of hydrogen-bond donors (Lipinski definition) is 1. The van der Waals surface area contributed by atoms with Crippen molar-refractivity contribution >= 4 is 18.3 Å². The first-order chi connectivity index (χ1) is 9.18. The number of aryl methyl sites for hydroxylation is 1. The molecule has 0 spiro atoms. The quantitative estimate of drug-likeness (QED) is 0.908. The predicted molar refractivity (Wildman–Crippen MR) is 85.0 cm³/mol. The fourth-order valence-electron chi connectivity index (χ4n) is 2.87. The molecule has 1 aromatic carbocycles. The summed E-state index contributed by atoms with van der Waals surface area (Å²) in [7, 11) is 0. The van der Waals surface area contributed by atoms with Gasteiger partial charge in [-0.05, 0) is 44.6 Å². The fourth-order valence-corrected chi connectivity index (χ4v) is 2.87. The lowest BCUT2D eigenvalue weighted by Crippen LogP contribution is -2.44. The summed E-state index contributed by atoms with van der Waals surface area (Å²) in [6.45, 7) is 2.66. The van der Waals surface area contributed by atoms with Gasteiger partial charge >= 0.3 is 0 Å². The van der Waals surface area contributed by atoms with E-state index in [1.807, 2.05) is 11.0 Å². The third-order valence-electron chi connectivity index (χ3n) is 3.90. The number of nitrogens with two attached hydrogens (primary N) is 1. The van der Waals surface area contributed by atoms with Crippen molar-refractivity contribution in [1.82, 2.24) is 4.90 Å². The van der Waals surface area contributed by atoms with Crippen molar-refractivity contribution in [2.45, 2.75) is 51.1 Å². The maximum absolute atomic E-state index is 12.0. The van der Waals surface area contributed by atoms with E-state index in [9.17, 15) is 4.79 Å². The number of rotatable bonds is 5. The zero-order valence-corrected chi connectivity index (χ0v) is 12.9. The van der Waals surface area contributed by atoms with Crippen LogP contribution in [-0.2, 0) is 11.2 Å². The SMILES string of the molecule is CC(N)C(=O)N1CCCC1CCCc1ccccc1.Cl. The summed E-state index contributed by atoms with van der Waals surface area (Å²) in [5, 5.41) is 0. The minimum atomic E-state index is -0.366. The second-order valence-electron chi connectivity index (χ2n) is 5.49. The molecule has 0 aliphatic carbocycles. The van der Waals surface area contributed by atoms with E-state index in [-0.39, 0.29) is 24.4 Å². The first-order valence-electron chi connectivity index (χ1n) is 7.28. The van der Waals surface area contributed by atoms with Crippen LogP contribution in [-0.4, -0.2) is 29.4 Å². The molecule has 1 aromatic rings. The number of benzene rings is 1. The van der Waals surface area contributed by atoms with Gasteiger partial charge in [-0.25, -0.2) is 0 Å². The lowest BCUT2D eigenvalue weighted by Gasteiger charge is -2.26. The largest absolute Gasteiger partial charge is 0.338 e. The van der Waals surface area contributed by atoms with Gasteiger partial charge in [-0.3, -0.25) is 4.79 Å². The van der Waals surface area contributed by atoms with Crippen LogP contribution in [0.1, 0.15) is 38.2 Å². The van der Waals surface area contributed by atoms with E-state index in [0.717, 1.165) is 38.6 Å². The average molecular weight is 297 g/mol. The minimum absolute atomic E-state index is 0. The van der Waals surface area contributed by atoms with E-state index >= 15 is 0 Å². The van der Waals surface area contributed by atoms with Crippen molar-refractivity contribution < 1.29 is 4.79 Å². The molecule has 1 aliphatic rings. The second-order valence-corrected chi connectivity index (χ2v) is 5.49. The molecule has 0 saturated carbocycles. The fraction of sp³-hybridized carbons (Fsp3) is 0.562. The number of carbonyl (C=O) groups excluding carboxylic acids is 1. The number of amides is 1. The maximum atomic E-state index is 12.0. The van der Waals surface area contributed by atoms with Gasteiger partial charge in [0.2, 0.25) is 5.91 Å². The van der Waals surface area contributed by atoms with E-state index in [2.05, 4.69) is 24.3 Å². The third-order valence-corrected chi connectivity index (χ3v) is 3.90. The standard InChI is InChI=1S/C16H24N2O.ClH/c1-13(17)16(19)18-12-6-11-15(18)10-5-9-14-7-3-2-4-8-14;/h2-4,7-8,13,15H,5-6,9-12,17H2,1H3;1H. The van der Waals surface area contributed by atoms with E-state index in [4.69, 9.17) is 5.73 Å². The Morgan fingerprint density at radius 1 is 1.40 bits per heavy atom. The van der Waals surface area contributed by atoms with Crippen LogP contribution in [0.5, 0.6) is 0 Å². The van der Waals surface area contributed by atoms with Crippen molar-refractivity contribution in [3.05, 3.63) is 35.9 Å². The minimum Gasteiger partial charge on any atom is -0.338 e. The van der Waals surface area contributed by atoms with Crippen LogP contribution < -0.4 is 5.73 Å². The topological polar surface area (TPSA) is 46.3 Å². The molecule has 112 valence electrons. The number of halogens is 1. The van der Waals surface area contributed by atoms with Gasteiger partial charge in [-0.2, -0.15) is 0 Å². The number of carbonyl (C=O) groups is 1. The van der Waals surface area contributed by atoms with Gasteiger partial charge in [-0.1, -0.05) is 30.3 Å². The summed E-state index contributed by atoms with van der Waals surface area (Å²) in [4.78, 5) is 14.0. The highest BCUT2D eigenvalue weighted by atomic mass is 35.5. The molecule has 2 atom stereocenters. The molecule has 0 aromatic heterocycles. The summed E-state index contributed by atoms with van der Waals surface area (Å²) in [6.07, 6.45) is 5.57. The number of hydrogen-bond acceptors (Lipinski definition) is 2. The van der Waals surface area contributed by atoms with Crippen molar-refractivity contribution in [1.29, 1.82) is 0 Å². The van der Waals surface area contributed by atoms with Crippen LogP contribution >= 0.6 is 12.4 Å². The Labute approximate surface area is 127 Å². The molecule has 2 unspecified atom stereocenters. The van der Waals surface area contributed by atoms with E-state index < -0.39 is 0 Å². The van der Waals surface area contributed by atoms with Gasteiger partial charge in [0, 0.05) is 12.6 Å². The molecular weight excluding hydrogens is 272 g/mol.